The van der Waals surface area contributed by atoms with Crippen LogP contribution in [0.5, 0.6) is 11.5 Å². The molecule has 0 saturated heterocycles. The number of hydrogen-bond donors (Lipinski definition) is 0. The Morgan fingerprint density at radius 3 is 2.42 bits per heavy atom. The molecule has 5 heteroatoms. The van der Waals surface area contributed by atoms with Crippen molar-refractivity contribution in [1.29, 1.82) is 0 Å². The molecule has 1 heterocycles. The maximum Gasteiger partial charge on any atom is 0.307 e. The SMILES string of the molecule is CC#C[C@@H](CC(=O)OCC)c1ccc(OCc2ccc(CCN3CCc4cc(OC)ccc4C3)cc2)cc1. The fraction of sp³-hybridized carbons (Fsp3) is 0.364. The van der Waals surface area contributed by atoms with Crippen LogP contribution >= 0.6 is 0 Å². The highest BCUT2D eigenvalue weighted by Gasteiger charge is 2.17. The van der Waals surface area contributed by atoms with Gasteiger partial charge >= 0.3 is 5.97 Å². The van der Waals surface area contributed by atoms with Crippen LogP contribution in [0.1, 0.15) is 54.0 Å². The van der Waals surface area contributed by atoms with E-state index in [0.717, 1.165) is 55.1 Å². The maximum absolute atomic E-state index is 11.9. The number of rotatable bonds is 11. The van der Waals surface area contributed by atoms with E-state index in [2.05, 4.69) is 59.2 Å². The van der Waals surface area contributed by atoms with Crippen LogP contribution in [-0.4, -0.2) is 37.7 Å². The summed E-state index contributed by atoms with van der Waals surface area (Å²) in [5.41, 5.74) is 6.27. The van der Waals surface area contributed by atoms with Crippen LogP contribution in [0.3, 0.4) is 0 Å². The predicted molar refractivity (Wildman–Crippen MR) is 150 cm³/mol. The third-order valence-corrected chi connectivity index (χ3v) is 6.93. The average Bonchev–Trinajstić information content (AvgIpc) is 2.95. The van der Waals surface area contributed by atoms with Gasteiger partial charge in [0.25, 0.3) is 0 Å². The van der Waals surface area contributed by atoms with Gasteiger partial charge < -0.3 is 14.2 Å². The predicted octanol–water partition coefficient (Wildman–Crippen LogP) is 5.94. The number of ether oxygens (including phenoxy) is 3. The number of carbonyl (C=O) groups is 1. The smallest absolute Gasteiger partial charge is 0.307 e. The first-order chi connectivity index (χ1) is 18.6. The van der Waals surface area contributed by atoms with Crippen molar-refractivity contribution in [3.05, 3.63) is 94.5 Å². The molecule has 0 radical (unpaired) electrons. The Kier molecular flexibility index (Phi) is 9.84. The van der Waals surface area contributed by atoms with E-state index in [0.29, 0.717) is 13.2 Å². The van der Waals surface area contributed by atoms with E-state index >= 15 is 0 Å². The van der Waals surface area contributed by atoms with Crippen molar-refractivity contribution >= 4 is 5.97 Å². The van der Waals surface area contributed by atoms with Crippen LogP contribution in [-0.2, 0) is 35.5 Å². The van der Waals surface area contributed by atoms with E-state index in [4.69, 9.17) is 14.2 Å². The molecule has 0 fully saturated rings. The maximum atomic E-state index is 11.9. The molecular weight excluding hydrogens is 474 g/mol. The molecule has 0 aromatic heterocycles. The number of methoxy groups -OCH3 is 1. The Labute approximate surface area is 226 Å². The van der Waals surface area contributed by atoms with E-state index < -0.39 is 0 Å². The standard InChI is InChI=1S/C33H37NO4/c1-4-6-28(22-33(35)37-5-2)27-11-14-31(15-12-27)38-24-26-9-7-25(8-10-26)17-19-34-20-18-29-21-32(36-3)16-13-30(29)23-34/h7-16,21,28H,5,17-20,22-24H2,1-3H3/t28-/m0/s1. The second kappa shape index (κ2) is 13.7. The number of nitrogens with zero attached hydrogens (tertiary/aromatic N) is 1. The van der Waals surface area contributed by atoms with Crippen molar-refractivity contribution in [2.75, 3.05) is 26.8 Å². The highest BCUT2D eigenvalue weighted by molar-refractivity contribution is 5.71. The molecular formula is C33H37NO4. The lowest BCUT2D eigenvalue weighted by molar-refractivity contribution is -0.143. The van der Waals surface area contributed by atoms with Gasteiger partial charge in [0, 0.05) is 19.6 Å². The molecule has 3 aromatic carbocycles. The highest BCUT2D eigenvalue weighted by atomic mass is 16.5. The number of hydrogen-bond acceptors (Lipinski definition) is 5. The zero-order valence-electron chi connectivity index (χ0n) is 22.7. The van der Waals surface area contributed by atoms with Gasteiger partial charge in [0.15, 0.2) is 0 Å². The zero-order chi connectivity index (χ0) is 26.7. The van der Waals surface area contributed by atoms with Crippen LogP contribution in [0.25, 0.3) is 0 Å². The Bertz CT molecular complexity index is 1250. The molecule has 4 rings (SSSR count). The monoisotopic (exact) mass is 511 g/mol. The molecule has 0 aliphatic carbocycles. The highest BCUT2D eigenvalue weighted by Crippen LogP contribution is 2.25. The molecule has 0 bridgehead atoms. The molecule has 3 aromatic rings. The Morgan fingerprint density at radius 2 is 1.71 bits per heavy atom. The average molecular weight is 512 g/mol. The number of fused-ring (bicyclic) bond motifs is 1. The molecule has 38 heavy (non-hydrogen) atoms. The first-order valence-electron chi connectivity index (χ1n) is 13.3. The number of esters is 1. The lowest BCUT2D eigenvalue weighted by Gasteiger charge is -2.29. The fourth-order valence-electron chi connectivity index (χ4n) is 4.77. The van der Waals surface area contributed by atoms with Gasteiger partial charge in [0.05, 0.1) is 26.1 Å². The van der Waals surface area contributed by atoms with Crippen LogP contribution < -0.4 is 9.47 Å². The second-order valence-corrected chi connectivity index (χ2v) is 9.54. The minimum Gasteiger partial charge on any atom is -0.497 e. The summed E-state index contributed by atoms with van der Waals surface area (Å²) in [6.07, 6.45) is 2.35. The van der Waals surface area contributed by atoms with Crippen molar-refractivity contribution in [3.63, 3.8) is 0 Å². The van der Waals surface area contributed by atoms with E-state index in [9.17, 15) is 4.79 Å². The molecule has 1 aliphatic heterocycles. The summed E-state index contributed by atoms with van der Waals surface area (Å²) in [5.74, 6) is 7.36. The molecule has 0 amide bonds. The van der Waals surface area contributed by atoms with Gasteiger partial charge in [-0.15, -0.1) is 5.92 Å². The van der Waals surface area contributed by atoms with Crippen LogP contribution in [0.15, 0.2) is 66.7 Å². The van der Waals surface area contributed by atoms with Gasteiger partial charge in [-0.25, -0.2) is 0 Å². The van der Waals surface area contributed by atoms with Gasteiger partial charge in [-0.3, -0.25) is 9.69 Å². The molecule has 1 aliphatic rings. The fourth-order valence-corrected chi connectivity index (χ4v) is 4.77. The third kappa shape index (κ3) is 7.63. The third-order valence-electron chi connectivity index (χ3n) is 6.93. The van der Waals surface area contributed by atoms with Crippen molar-refractivity contribution in [2.45, 2.75) is 52.2 Å². The summed E-state index contributed by atoms with van der Waals surface area (Å²) in [7, 11) is 1.72. The van der Waals surface area contributed by atoms with E-state index in [1.807, 2.05) is 31.2 Å². The Balaban J connectivity index is 1.24. The minimum atomic E-state index is -0.230. The van der Waals surface area contributed by atoms with Crippen LogP contribution in [0.4, 0.5) is 0 Å². The van der Waals surface area contributed by atoms with Crippen molar-refractivity contribution in [2.24, 2.45) is 0 Å². The topological polar surface area (TPSA) is 48.0 Å². The molecule has 198 valence electrons. The molecule has 0 spiro atoms. The van der Waals surface area contributed by atoms with Crippen molar-refractivity contribution < 1.29 is 19.0 Å². The van der Waals surface area contributed by atoms with Gasteiger partial charge in [0.1, 0.15) is 18.1 Å². The van der Waals surface area contributed by atoms with Gasteiger partial charge in [-0.2, -0.15) is 0 Å². The summed E-state index contributed by atoms with van der Waals surface area (Å²) in [4.78, 5) is 14.4. The first-order valence-corrected chi connectivity index (χ1v) is 13.3. The zero-order valence-corrected chi connectivity index (χ0v) is 22.7. The van der Waals surface area contributed by atoms with Crippen molar-refractivity contribution in [3.8, 4) is 23.3 Å². The lowest BCUT2D eigenvalue weighted by atomic mass is 9.96. The van der Waals surface area contributed by atoms with Crippen LogP contribution in [0.2, 0.25) is 0 Å². The normalized spacial score (nSPS) is 13.6. The molecule has 1 atom stereocenters. The number of benzene rings is 3. The molecule has 0 saturated carbocycles. The van der Waals surface area contributed by atoms with E-state index in [1.54, 1.807) is 14.0 Å². The largest absolute Gasteiger partial charge is 0.497 e. The van der Waals surface area contributed by atoms with Crippen molar-refractivity contribution in [1.82, 2.24) is 4.90 Å². The van der Waals surface area contributed by atoms with E-state index in [-0.39, 0.29) is 18.3 Å². The molecule has 0 N–H and O–H groups in total. The van der Waals surface area contributed by atoms with Gasteiger partial charge in [-0.1, -0.05) is 48.4 Å². The Morgan fingerprint density at radius 1 is 0.974 bits per heavy atom. The lowest BCUT2D eigenvalue weighted by Crippen LogP contribution is -2.32. The summed E-state index contributed by atoms with van der Waals surface area (Å²) in [5, 5.41) is 0. The molecule has 0 unspecified atom stereocenters. The minimum absolute atomic E-state index is 0.177. The number of carbonyl (C=O) groups excluding carboxylic acids is 1. The van der Waals surface area contributed by atoms with Gasteiger partial charge in [0.2, 0.25) is 0 Å². The summed E-state index contributed by atoms with van der Waals surface area (Å²) < 4.78 is 16.5. The van der Waals surface area contributed by atoms with E-state index in [1.165, 1.54) is 16.7 Å². The first kappa shape index (κ1) is 27.3. The van der Waals surface area contributed by atoms with Gasteiger partial charge in [-0.05, 0) is 78.8 Å². The summed E-state index contributed by atoms with van der Waals surface area (Å²) in [6.45, 7) is 7.61. The summed E-state index contributed by atoms with van der Waals surface area (Å²) >= 11 is 0. The second-order valence-electron chi connectivity index (χ2n) is 9.54. The van der Waals surface area contributed by atoms with Crippen LogP contribution in [0, 0.1) is 11.8 Å². The molecule has 5 nitrogen and oxygen atoms in total. The summed E-state index contributed by atoms with van der Waals surface area (Å²) in [6, 6.07) is 22.9. The Hall–Kier alpha value is -3.75. The quantitative estimate of drug-likeness (QED) is 0.236.